The molecule has 0 nitrogen and oxygen atoms in total. The van der Waals surface area contributed by atoms with Crippen molar-refractivity contribution in [3.8, 4) is 0 Å². The minimum absolute atomic E-state index is 1.04. The third-order valence-corrected chi connectivity index (χ3v) is 0. The molecule has 0 heterocycles. The van der Waals surface area contributed by atoms with E-state index in [2.05, 4.69) is 13.9 Å². The zero-order valence-corrected chi connectivity index (χ0v) is 8.96. The van der Waals surface area contributed by atoms with Crippen molar-refractivity contribution in [2.45, 2.75) is 13.9 Å². The van der Waals surface area contributed by atoms with Crippen molar-refractivity contribution in [1.29, 1.82) is 0 Å². The van der Waals surface area contributed by atoms with E-state index in [0.29, 0.717) is 0 Å². The molecule has 5 heavy (non-hydrogen) atoms. The van der Waals surface area contributed by atoms with Crippen LogP contribution in [0.4, 0.5) is 0 Å². The van der Waals surface area contributed by atoms with E-state index < -0.39 is 19.4 Å². The summed E-state index contributed by atoms with van der Waals surface area (Å²) in [6.07, 6.45) is 0. The Kier molecular flexibility index (Phi) is 2.07. The normalized spacial score (nSPS) is 12.6. The predicted octanol–water partition coefficient (Wildman–Crippen LogP) is 0.565. The van der Waals surface area contributed by atoms with E-state index in [-0.39, 0.29) is 0 Å². The summed E-state index contributed by atoms with van der Waals surface area (Å²) in [6, 6.07) is 0. The Balaban J connectivity index is 3.02. The monoisotopic (exact) mass is 166 g/mol. The van der Waals surface area contributed by atoms with E-state index >= 15 is 0 Å². The zero-order chi connectivity index (χ0) is 4.50. The molecule has 0 unspecified atom stereocenters. The summed E-state index contributed by atoms with van der Waals surface area (Å²) in [5, 5.41) is 0. The van der Waals surface area contributed by atoms with Crippen LogP contribution in [-0.4, -0.2) is 7.37 Å². The van der Waals surface area contributed by atoms with Gasteiger partial charge in [-0.15, -0.1) is 0 Å². The standard InChI is InChI=1S/3CH3.H3Si.Zr/h4*1H3;. The molecule has 0 radical (unpaired) electrons. The fraction of sp³-hybridized carbons (Fsp3) is 1.00. The molecule has 0 rings (SSSR count). The fourth-order valence-corrected chi connectivity index (χ4v) is 0. The van der Waals surface area contributed by atoms with Crippen molar-refractivity contribution in [2.75, 3.05) is 0 Å². The Labute approximate surface area is 40.7 Å². The Morgan fingerprint density at radius 2 is 1.20 bits per heavy atom. The van der Waals surface area contributed by atoms with Gasteiger partial charge in [0.05, 0.1) is 0 Å². The van der Waals surface area contributed by atoms with Gasteiger partial charge in [-0.3, -0.25) is 0 Å². The summed E-state index contributed by atoms with van der Waals surface area (Å²) < 4.78 is 7.38. The molecule has 0 aliphatic rings. The molecule has 0 saturated heterocycles. The van der Waals surface area contributed by atoms with E-state index in [0.717, 1.165) is 0 Å². The first-order chi connectivity index (χ1) is 2.00. The molecule has 0 aromatic heterocycles. The van der Waals surface area contributed by atoms with Gasteiger partial charge in [0.25, 0.3) is 0 Å². The van der Waals surface area contributed by atoms with Crippen molar-refractivity contribution < 1.29 is 19.4 Å². The molecular weight excluding hydrogens is 155 g/mol. The van der Waals surface area contributed by atoms with Crippen LogP contribution in [0.3, 0.4) is 0 Å². The molecule has 0 saturated carbocycles. The Bertz CT molecular complexity index is 22.4. The second-order valence-corrected chi connectivity index (χ2v) is 35.5. The maximum absolute atomic E-state index is 2.46. The van der Waals surface area contributed by atoms with Crippen LogP contribution in [-0.2, 0) is 19.4 Å². The topological polar surface area (TPSA) is 0 Å². The Morgan fingerprint density at radius 3 is 1.20 bits per heavy atom. The molecule has 0 amide bonds. The fourth-order valence-electron chi connectivity index (χ4n) is 0. The third-order valence-electron chi connectivity index (χ3n) is 0. The quantitative estimate of drug-likeness (QED) is 0.463. The first-order valence-corrected chi connectivity index (χ1v) is 17.7. The summed E-state index contributed by atoms with van der Waals surface area (Å²) in [4.78, 5) is 0. The summed E-state index contributed by atoms with van der Waals surface area (Å²) in [5.74, 6) is 0. The third kappa shape index (κ3) is 40.5. The molecule has 2 heteroatoms. The first-order valence-electron chi connectivity index (χ1n) is 2.00. The van der Waals surface area contributed by atoms with Crippen LogP contribution < -0.4 is 0 Å². The molecule has 0 aromatic carbocycles. The van der Waals surface area contributed by atoms with Gasteiger partial charge in [-0.25, -0.2) is 0 Å². The molecule has 32 valence electrons. The van der Waals surface area contributed by atoms with Crippen molar-refractivity contribution in [2.24, 2.45) is 0 Å². The summed E-state index contributed by atoms with van der Waals surface area (Å²) in [6.45, 7) is 0. The van der Waals surface area contributed by atoms with Gasteiger partial charge in [0, 0.05) is 0 Å². The molecular formula is C3H12SiZr. The minimum atomic E-state index is -1.04. The SMILES string of the molecule is [CH3][Zr]([CH3])([CH3])[SiH3]. The molecule has 0 aromatic rings. The summed E-state index contributed by atoms with van der Waals surface area (Å²) in [7, 11) is 1.52. The zero-order valence-electron chi connectivity index (χ0n) is 4.50. The number of hydrogen-bond acceptors (Lipinski definition) is 0. The average Bonchev–Trinajstić information content (AvgIpc) is 0.722. The van der Waals surface area contributed by atoms with Crippen LogP contribution in [0.25, 0.3) is 0 Å². The van der Waals surface area contributed by atoms with E-state index in [1.165, 1.54) is 7.37 Å². The van der Waals surface area contributed by atoms with Crippen LogP contribution in [0.5, 0.6) is 0 Å². The van der Waals surface area contributed by atoms with Crippen LogP contribution in [0.1, 0.15) is 0 Å². The van der Waals surface area contributed by atoms with E-state index in [1.54, 1.807) is 0 Å². The van der Waals surface area contributed by atoms with E-state index in [1.807, 2.05) is 0 Å². The van der Waals surface area contributed by atoms with Gasteiger partial charge in [0.2, 0.25) is 0 Å². The van der Waals surface area contributed by atoms with Gasteiger partial charge in [0.15, 0.2) is 0 Å². The van der Waals surface area contributed by atoms with Gasteiger partial charge in [0.1, 0.15) is 0 Å². The first kappa shape index (κ1) is 6.10. The molecule has 0 spiro atoms. The van der Waals surface area contributed by atoms with Crippen LogP contribution in [0, 0.1) is 0 Å². The molecule has 0 bridgehead atoms. The maximum atomic E-state index is 2.46. The number of hydrogen-bond donors (Lipinski definition) is 0. The summed E-state index contributed by atoms with van der Waals surface area (Å²) in [5.41, 5.74) is 0. The molecule has 0 N–H and O–H groups in total. The van der Waals surface area contributed by atoms with Crippen LogP contribution in [0.2, 0.25) is 13.9 Å². The van der Waals surface area contributed by atoms with Gasteiger partial charge in [-0.2, -0.15) is 0 Å². The van der Waals surface area contributed by atoms with Gasteiger partial charge >= 0.3 is 40.7 Å². The molecule has 0 aliphatic carbocycles. The second-order valence-electron chi connectivity index (χ2n) is 3.00. The Morgan fingerprint density at radius 1 is 1.20 bits per heavy atom. The average molecular weight is 167 g/mol. The van der Waals surface area contributed by atoms with Crippen LogP contribution >= 0.6 is 0 Å². The second kappa shape index (κ2) is 1.70. The number of rotatable bonds is 0. The van der Waals surface area contributed by atoms with E-state index in [4.69, 9.17) is 0 Å². The van der Waals surface area contributed by atoms with Crippen molar-refractivity contribution in [3.63, 3.8) is 0 Å². The van der Waals surface area contributed by atoms with Gasteiger partial charge < -0.3 is 0 Å². The van der Waals surface area contributed by atoms with Gasteiger partial charge in [-0.1, -0.05) is 0 Å². The molecule has 0 fully saturated rings. The van der Waals surface area contributed by atoms with Crippen molar-refractivity contribution in [1.82, 2.24) is 0 Å². The van der Waals surface area contributed by atoms with Crippen molar-refractivity contribution >= 4 is 7.37 Å². The molecule has 0 aliphatic heterocycles. The summed E-state index contributed by atoms with van der Waals surface area (Å²) >= 11 is -1.04. The van der Waals surface area contributed by atoms with Crippen LogP contribution in [0.15, 0.2) is 0 Å². The van der Waals surface area contributed by atoms with E-state index in [9.17, 15) is 0 Å². The Hall–Kier alpha value is 1.10. The van der Waals surface area contributed by atoms with Crippen molar-refractivity contribution in [3.05, 3.63) is 0 Å². The van der Waals surface area contributed by atoms with Gasteiger partial charge in [-0.05, 0) is 0 Å². The predicted molar refractivity (Wildman–Crippen MR) is 27.5 cm³/mol. The molecule has 0 atom stereocenters.